The molecule has 0 aliphatic heterocycles. The van der Waals surface area contributed by atoms with E-state index >= 15 is 0 Å². The van der Waals surface area contributed by atoms with Crippen molar-refractivity contribution in [3.05, 3.63) is 23.6 Å². The third kappa shape index (κ3) is 2.73. The molecule has 1 N–H and O–H groups in total. The van der Waals surface area contributed by atoms with E-state index < -0.39 is 0 Å². The third-order valence-electron chi connectivity index (χ3n) is 2.30. The van der Waals surface area contributed by atoms with Gasteiger partial charge in [-0.1, -0.05) is 5.16 Å². The molecule has 0 fully saturated rings. The first-order chi connectivity index (χ1) is 8.70. The van der Waals surface area contributed by atoms with Gasteiger partial charge in [-0.3, -0.25) is 0 Å². The molecule has 2 heterocycles. The molecule has 0 unspecified atom stereocenters. The molecule has 0 aliphatic carbocycles. The lowest BCUT2D eigenvalue weighted by molar-refractivity contribution is 0.324. The van der Waals surface area contributed by atoms with Crippen molar-refractivity contribution in [3.63, 3.8) is 0 Å². The Labute approximate surface area is 105 Å². The zero-order valence-electron chi connectivity index (χ0n) is 10.6. The fourth-order valence-electron chi connectivity index (χ4n) is 1.47. The van der Waals surface area contributed by atoms with Crippen LogP contribution in [-0.2, 0) is 6.54 Å². The van der Waals surface area contributed by atoms with Crippen molar-refractivity contribution < 1.29 is 9.26 Å². The van der Waals surface area contributed by atoms with Gasteiger partial charge in [-0.2, -0.15) is 4.98 Å². The average molecular weight is 249 g/mol. The summed E-state index contributed by atoms with van der Waals surface area (Å²) in [6.07, 6.45) is 1.46. The zero-order valence-corrected chi connectivity index (χ0v) is 10.6. The fraction of sp³-hybridized carbons (Fsp3) is 0.455. The molecular formula is C11H15N5O2. The Morgan fingerprint density at radius 3 is 2.83 bits per heavy atom. The Kier molecular flexibility index (Phi) is 3.71. The van der Waals surface area contributed by atoms with Crippen molar-refractivity contribution in [1.29, 1.82) is 0 Å². The van der Waals surface area contributed by atoms with Gasteiger partial charge >= 0.3 is 0 Å². The second kappa shape index (κ2) is 5.44. The van der Waals surface area contributed by atoms with Crippen LogP contribution in [0.3, 0.4) is 0 Å². The number of rotatable bonds is 5. The first-order valence-electron chi connectivity index (χ1n) is 5.68. The van der Waals surface area contributed by atoms with Gasteiger partial charge in [0.1, 0.15) is 12.1 Å². The summed E-state index contributed by atoms with van der Waals surface area (Å²) in [7, 11) is 0. The number of anilines is 1. The van der Waals surface area contributed by atoms with E-state index in [0.29, 0.717) is 36.6 Å². The van der Waals surface area contributed by atoms with Crippen molar-refractivity contribution in [2.75, 3.05) is 11.9 Å². The molecule has 0 aromatic carbocycles. The second-order valence-electron chi connectivity index (χ2n) is 3.67. The zero-order chi connectivity index (χ0) is 13.0. The van der Waals surface area contributed by atoms with E-state index in [-0.39, 0.29) is 0 Å². The molecule has 0 aliphatic rings. The largest absolute Gasteiger partial charge is 0.478 e. The molecule has 0 saturated heterocycles. The van der Waals surface area contributed by atoms with Crippen LogP contribution < -0.4 is 10.1 Å². The smallest absolute Gasteiger partial charge is 0.223 e. The molecule has 7 nitrogen and oxygen atoms in total. The van der Waals surface area contributed by atoms with Crippen molar-refractivity contribution in [2.24, 2.45) is 0 Å². The van der Waals surface area contributed by atoms with Crippen LogP contribution in [-0.4, -0.2) is 26.7 Å². The summed E-state index contributed by atoms with van der Waals surface area (Å²) in [5.41, 5.74) is 0.861. The van der Waals surface area contributed by atoms with Crippen LogP contribution in [0.1, 0.15) is 24.2 Å². The minimum Gasteiger partial charge on any atom is -0.478 e. The van der Waals surface area contributed by atoms with E-state index in [9.17, 15) is 0 Å². The highest BCUT2D eigenvalue weighted by Gasteiger charge is 2.09. The van der Waals surface area contributed by atoms with Gasteiger partial charge in [-0.25, -0.2) is 9.97 Å². The average Bonchev–Trinajstić information content (AvgIpc) is 2.77. The number of nitrogens with one attached hydrogen (secondary N) is 1. The van der Waals surface area contributed by atoms with Crippen LogP contribution in [0.4, 0.5) is 5.82 Å². The number of aromatic nitrogens is 4. The monoisotopic (exact) mass is 249 g/mol. The van der Waals surface area contributed by atoms with E-state index in [2.05, 4.69) is 25.4 Å². The Morgan fingerprint density at radius 2 is 2.17 bits per heavy atom. The quantitative estimate of drug-likeness (QED) is 0.858. The first-order valence-corrected chi connectivity index (χ1v) is 5.68. The Hall–Kier alpha value is -2.18. The Bertz CT molecular complexity index is 526. The van der Waals surface area contributed by atoms with E-state index in [0.717, 1.165) is 5.56 Å². The number of aryl methyl sites for hydroxylation is 1. The fourth-order valence-corrected chi connectivity index (χ4v) is 1.47. The molecule has 2 rings (SSSR count). The number of ether oxygens (including phenoxy) is 1. The highest BCUT2D eigenvalue weighted by molar-refractivity contribution is 5.47. The summed E-state index contributed by atoms with van der Waals surface area (Å²) in [4.78, 5) is 12.3. The molecule has 2 aromatic rings. The van der Waals surface area contributed by atoms with Crippen molar-refractivity contribution in [1.82, 2.24) is 20.1 Å². The van der Waals surface area contributed by atoms with Gasteiger partial charge in [0.2, 0.25) is 11.8 Å². The predicted molar refractivity (Wildman–Crippen MR) is 64.3 cm³/mol. The maximum Gasteiger partial charge on any atom is 0.223 e. The molecule has 0 spiro atoms. The summed E-state index contributed by atoms with van der Waals surface area (Å²) < 4.78 is 10.3. The number of hydrogen-bond acceptors (Lipinski definition) is 7. The third-order valence-corrected chi connectivity index (χ3v) is 2.30. The summed E-state index contributed by atoms with van der Waals surface area (Å²) >= 11 is 0. The summed E-state index contributed by atoms with van der Waals surface area (Å²) in [6.45, 7) is 6.58. The molecule has 0 saturated carbocycles. The topological polar surface area (TPSA) is 86.0 Å². The van der Waals surface area contributed by atoms with Gasteiger partial charge in [-0.05, 0) is 13.8 Å². The lowest BCUT2D eigenvalue weighted by Gasteiger charge is -2.09. The van der Waals surface area contributed by atoms with Gasteiger partial charge < -0.3 is 14.6 Å². The SMILES string of the molecule is CCOc1ncnc(NCc2noc(C)n2)c1C. The number of nitrogens with zero attached hydrogens (tertiary/aromatic N) is 4. The maximum atomic E-state index is 5.39. The van der Waals surface area contributed by atoms with Crippen LogP contribution in [0.15, 0.2) is 10.9 Å². The minimum absolute atomic E-state index is 0.445. The summed E-state index contributed by atoms with van der Waals surface area (Å²) in [5.74, 6) is 2.42. The first kappa shape index (κ1) is 12.3. The van der Waals surface area contributed by atoms with Crippen molar-refractivity contribution >= 4 is 5.82 Å². The lowest BCUT2D eigenvalue weighted by atomic mass is 10.3. The Morgan fingerprint density at radius 1 is 1.33 bits per heavy atom. The van der Waals surface area contributed by atoms with E-state index in [1.807, 2.05) is 13.8 Å². The van der Waals surface area contributed by atoms with Gasteiger partial charge in [0.05, 0.1) is 18.7 Å². The molecular weight excluding hydrogens is 234 g/mol. The highest BCUT2D eigenvalue weighted by atomic mass is 16.5. The standard InChI is InChI=1S/C11H15N5O2/c1-4-17-11-7(2)10(13-6-14-11)12-5-9-15-8(3)18-16-9/h6H,4-5H2,1-3H3,(H,12,13,14). The molecule has 96 valence electrons. The lowest BCUT2D eigenvalue weighted by Crippen LogP contribution is -2.07. The Balaban J connectivity index is 2.07. The summed E-state index contributed by atoms with van der Waals surface area (Å²) in [5, 5.41) is 6.92. The predicted octanol–water partition coefficient (Wildman–Crippen LogP) is 1.49. The van der Waals surface area contributed by atoms with Crippen molar-refractivity contribution in [2.45, 2.75) is 27.3 Å². The normalized spacial score (nSPS) is 10.4. The van der Waals surface area contributed by atoms with Gasteiger partial charge in [0.25, 0.3) is 0 Å². The van der Waals surface area contributed by atoms with Gasteiger partial charge in [0, 0.05) is 6.92 Å². The minimum atomic E-state index is 0.445. The molecule has 0 radical (unpaired) electrons. The van der Waals surface area contributed by atoms with E-state index in [4.69, 9.17) is 9.26 Å². The van der Waals surface area contributed by atoms with Gasteiger partial charge in [0.15, 0.2) is 5.82 Å². The van der Waals surface area contributed by atoms with Gasteiger partial charge in [-0.15, -0.1) is 0 Å². The van der Waals surface area contributed by atoms with E-state index in [1.54, 1.807) is 6.92 Å². The molecule has 0 bridgehead atoms. The van der Waals surface area contributed by atoms with Crippen LogP contribution in [0, 0.1) is 13.8 Å². The highest BCUT2D eigenvalue weighted by Crippen LogP contribution is 2.20. The maximum absolute atomic E-state index is 5.39. The molecule has 0 atom stereocenters. The van der Waals surface area contributed by atoms with Crippen LogP contribution in [0.5, 0.6) is 5.88 Å². The number of hydrogen-bond donors (Lipinski definition) is 1. The molecule has 7 heteroatoms. The van der Waals surface area contributed by atoms with Crippen LogP contribution in [0.25, 0.3) is 0 Å². The summed E-state index contributed by atoms with van der Waals surface area (Å²) in [6, 6.07) is 0. The second-order valence-corrected chi connectivity index (χ2v) is 3.67. The molecule has 2 aromatic heterocycles. The van der Waals surface area contributed by atoms with Crippen molar-refractivity contribution in [3.8, 4) is 5.88 Å². The van der Waals surface area contributed by atoms with E-state index in [1.165, 1.54) is 6.33 Å². The van der Waals surface area contributed by atoms with Crippen LogP contribution >= 0.6 is 0 Å². The van der Waals surface area contributed by atoms with Crippen LogP contribution in [0.2, 0.25) is 0 Å². The molecule has 18 heavy (non-hydrogen) atoms. The molecule has 0 amide bonds.